The minimum Gasteiger partial charge on any atom is -0.303 e. The van der Waals surface area contributed by atoms with E-state index in [0.717, 1.165) is 0 Å². The maximum Gasteiger partial charge on any atom is -0.00156 e. The van der Waals surface area contributed by atoms with E-state index in [1.54, 1.807) is 16.7 Å². The molecule has 2 aliphatic rings. The van der Waals surface area contributed by atoms with Crippen molar-refractivity contribution in [1.29, 1.82) is 0 Å². The zero-order valence-electron chi connectivity index (χ0n) is 11.5. The number of hydrogen-bond donors (Lipinski definition) is 0. The van der Waals surface area contributed by atoms with Gasteiger partial charge in [-0.1, -0.05) is 24.6 Å². The highest BCUT2D eigenvalue weighted by Gasteiger charge is 2.12. The monoisotopic (exact) mass is 243 g/mol. The van der Waals surface area contributed by atoms with E-state index >= 15 is 0 Å². The van der Waals surface area contributed by atoms with E-state index in [4.69, 9.17) is 0 Å². The molecule has 0 aromatic heterocycles. The molecule has 1 heterocycles. The van der Waals surface area contributed by atoms with Gasteiger partial charge in [0.1, 0.15) is 0 Å². The van der Waals surface area contributed by atoms with Crippen molar-refractivity contribution in [1.82, 2.24) is 4.90 Å². The molecule has 0 unspecified atom stereocenters. The first-order valence-electron chi connectivity index (χ1n) is 7.75. The second kappa shape index (κ2) is 5.88. The molecule has 0 saturated carbocycles. The molecular formula is C17H25N. The smallest absolute Gasteiger partial charge is 0.00156 e. The highest BCUT2D eigenvalue weighted by atomic mass is 15.1. The van der Waals surface area contributed by atoms with E-state index in [-0.39, 0.29) is 0 Å². The van der Waals surface area contributed by atoms with Crippen LogP contribution < -0.4 is 0 Å². The maximum absolute atomic E-state index is 2.65. The molecule has 0 spiro atoms. The molecule has 1 heteroatoms. The zero-order valence-corrected chi connectivity index (χ0v) is 11.5. The van der Waals surface area contributed by atoms with Gasteiger partial charge in [0.25, 0.3) is 0 Å². The highest BCUT2D eigenvalue weighted by molar-refractivity contribution is 5.35. The number of aryl methyl sites for hydroxylation is 3. The summed E-state index contributed by atoms with van der Waals surface area (Å²) in [5, 5.41) is 0. The lowest BCUT2D eigenvalue weighted by Crippen LogP contribution is -2.30. The molecule has 1 aliphatic heterocycles. The molecule has 1 fully saturated rings. The first kappa shape index (κ1) is 12.2. The first-order chi connectivity index (χ1) is 8.92. The molecule has 0 atom stereocenters. The van der Waals surface area contributed by atoms with E-state index in [1.165, 1.54) is 71.0 Å². The normalized spacial score (nSPS) is 20.0. The Bertz CT molecular complexity index is 391. The average Bonchev–Trinajstić information content (AvgIpc) is 2.87. The summed E-state index contributed by atoms with van der Waals surface area (Å²) in [5.41, 5.74) is 4.80. The van der Waals surface area contributed by atoms with E-state index < -0.39 is 0 Å². The standard InChI is InChI=1S/C17H25N/c1-2-11-18(12-3-1)13-5-6-15-9-10-16-7-4-8-17(16)14-15/h9-10,14H,1-8,11-13H2. The Balaban J connectivity index is 1.48. The van der Waals surface area contributed by atoms with Crippen LogP contribution in [0.1, 0.15) is 48.8 Å². The first-order valence-corrected chi connectivity index (χ1v) is 7.75. The number of benzene rings is 1. The Labute approximate surface area is 111 Å². The molecule has 0 N–H and O–H groups in total. The number of likely N-dealkylation sites (tertiary alicyclic amines) is 1. The summed E-state index contributed by atoms with van der Waals surface area (Å²) in [4.78, 5) is 2.65. The van der Waals surface area contributed by atoms with Crippen LogP contribution in [0.4, 0.5) is 0 Å². The third kappa shape index (κ3) is 2.95. The van der Waals surface area contributed by atoms with Crippen molar-refractivity contribution in [3.8, 4) is 0 Å². The quantitative estimate of drug-likeness (QED) is 0.781. The highest BCUT2D eigenvalue weighted by Crippen LogP contribution is 2.23. The van der Waals surface area contributed by atoms with Crippen molar-refractivity contribution in [3.05, 3.63) is 34.9 Å². The third-order valence-electron chi connectivity index (χ3n) is 4.55. The van der Waals surface area contributed by atoms with Gasteiger partial charge in [0.2, 0.25) is 0 Å². The number of fused-ring (bicyclic) bond motifs is 1. The van der Waals surface area contributed by atoms with Gasteiger partial charge in [0.05, 0.1) is 0 Å². The van der Waals surface area contributed by atoms with Crippen LogP contribution in [0.25, 0.3) is 0 Å². The number of piperidine rings is 1. The third-order valence-corrected chi connectivity index (χ3v) is 4.55. The average molecular weight is 243 g/mol. The van der Waals surface area contributed by atoms with Crippen LogP contribution in [0.3, 0.4) is 0 Å². The van der Waals surface area contributed by atoms with E-state index in [1.807, 2.05) is 0 Å². The van der Waals surface area contributed by atoms with Crippen LogP contribution in [-0.2, 0) is 19.3 Å². The summed E-state index contributed by atoms with van der Waals surface area (Å²) in [6.45, 7) is 3.98. The van der Waals surface area contributed by atoms with Gasteiger partial charge in [0.15, 0.2) is 0 Å². The molecule has 1 aliphatic carbocycles. The minimum absolute atomic E-state index is 1.27. The summed E-state index contributed by atoms with van der Waals surface area (Å²) in [5.74, 6) is 0. The number of nitrogens with zero attached hydrogens (tertiary/aromatic N) is 1. The van der Waals surface area contributed by atoms with E-state index in [2.05, 4.69) is 23.1 Å². The van der Waals surface area contributed by atoms with Gasteiger partial charge in [-0.05, 0) is 81.3 Å². The predicted octanol–water partition coefficient (Wildman–Crippen LogP) is 3.59. The van der Waals surface area contributed by atoms with E-state index in [0.29, 0.717) is 0 Å². The molecule has 1 aromatic rings. The molecule has 1 aromatic carbocycles. The van der Waals surface area contributed by atoms with Crippen molar-refractivity contribution in [3.63, 3.8) is 0 Å². The summed E-state index contributed by atoms with van der Waals surface area (Å²) < 4.78 is 0. The van der Waals surface area contributed by atoms with Crippen LogP contribution in [0.2, 0.25) is 0 Å². The van der Waals surface area contributed by atoms with Gasteiger partial charge < -0.3 is 4.90 Å². The Morgan fingerprint density at radius 3 is 2.61 bits per heavy atom. The van der Waals surface area contributed by atoms with Crippen molar-refractivity contribution in [2.24, 2.45) is 0 Å². The van der Waals surface area contributed by atoms with E-state index in [9.17, 15) is 0 Å². The van der Waals surface area contributed by atoms with Crippen LogP contribution in [0, 0.1) is 0 Å². The number of hydrogen-bond acceptors (Lipinski definition) is 1. The fourth-order valence-electron chi connectivity index (χ4n) is 3.47. The molecule has 0 bridgehead atoms. The van der Waals surface area contributed by atoms with Crippen molar-refractivity contribution in [2.45, 2.75) is 51.4 Å². The van der Waals surface area contributed by atoms with Crippen molar-refractivity contribution >= 4 is 0 Å². The predicted molar refractivity (Wildman–Crippen MR) is 77.1 cm³/mol. The van der Waals surface area contributed by atoms with Gasteiger partial charge in [-0.3, -0.25) is 0 Å². The lowest BCUT2D eigenvalue weighted by Gasteiger charge is -2.26. The van der Waals surface area contributed by atoms with Crippen LogP contribution in [-0.4, -0.2) is 24.5 Å². The fraction of sp³-hybridized carbons (Fsp3) is 0.647. The molecule has 3 rings (SSSR count). The number of rotatable bonds is 4. The molecular weight excluding hydrogens is 218 g/mol. The molecule has 1 nitrogen and oxygen atoms in total. The summed E-state index contributed by atoms with van der Waals surface area (Å²) in [7, 11) is 0. The van der Waals surface area contributed by atoms with Gasteiger partial charge in [0, 0.05) is 0 Å². The summed E-state index contributed by atoms with van der Waals surface area (Å²) in [6, 6.07) is 7.21. The maximum atomic E-state index is 2.65. The van der Waals surface area contributed by atoms with Gasteiger partial charge in [-0.2, -0.15) is 0 Å². The van der Waals surface area contributed by atoms with Crippen LogP contribution in [0.5, 0.6) is 0 Å². The Morgan fingerprint density at radius 1 is 0.889 bits per heavy atom. The largest absolute Gasteiger partial charge is 0.303 e. The molecule has 0 radical (unpaired) electrons. The Morgan fingerprint density at radius 2 is 1.72 bits per heavy atom. The summed E-state index contributed by atoms with van der Waals surface area (Å²) >= 11 is 0. The zero-order chi connectivity index (χ0) is 12.2. The topological polar surface area (TPSA) is 3.24 Å². The van der Waals surface area contributed by atoms with Crippen LogP contribution >= 0.6 is 0 Å². The lowest BCUT2D eigenvalue weighted by molar-refractivity contribution is 0.226. The van der Waals surface area contributed by atoms with Gasteiger partial charge >= 0.3 is 0 Å². The fourth-order valence-corrected chi connectivity index (χ4v) is 3.47. The van der Waals surface area contributed by atoms with Gasteiger partial charge in [-0.25, -0.2) is 0 Å². The molecule has 18 heavy (non-hydrogen) atoms. The summed E-state index contributed by atoms with van der Waals surface area (Å²) in [6.07, 6.45) is 10.9. The Kier molecular flexibility index (Phi) is 3.99. The van der Waals surface area contributed by atoms with Crippen molar-refractivity contribution < 1.29 is 0 Å². The second-order valence-corrected chi connectivity index (χ2v) is 5.96. The second-order valence-electron chi connectivity index (χ2n) is 5.96. The SMILES string of the molecule is c1cc2c(cc1CCCN1CCCCC1)CCC2. The van der Waals surface area contributed by atoms with Crippen molar-refractivity contribution in [2.75, 3.05) is 19.6 Å². The Hall–Kier alpha value is -0.820. The molecule has 0 amide bonds. The minimum atomic E-state index is 1.27. The molecule has 98 valence electrons. The van der Waals surface area contributed by atoms with Gasteiger partial charge in [-0.15, -0.1) is 0 Å². The lowest BCUT2D eigenvalue weighted by atomic mass is 10.0. The molecule has 1 saturated heterocycles. The van der Waals surface area contributed by atoms with Crippen LogP contribution in [0.15, 0.2) is 18.2 Å².